The van der Waals surface area contributed by atoms with Gasteiger partial charge < -0.3 is 16.0 Å². The van der Waals surface area contributed by atoms with Crippen LogP contribution in [0.4, 0.5) is 0 Å². The van der Waals surface area contributed by atoms with Crippen LogP contribution in [0, 0.1) is 11.8 Å². The maximum absolute atomic E-state index is 3.51. The van der Waals surface area contributed by atoms with Gasteiger partial charge in [0, 0.05) is 24.9 Å². The van der Waals surface area contributed by atoms with Crippen LogP contribution >= 0.6 is 0 Å². The lowest BCUT2D eigenvalue weighted by Gasteiger charge is -2.27. The molecule has 0 aromatic rings. The van der Waals surface area contributed by atoms with Crippen molar-refractivity contribution in [3.63, 3.8) is 0 Å². The molecule has 0 saturated carbocycles. The van der Waals surface area contributed by atoms with Crippen molar-refractivity contribution in [2.45, 2.75) is 6.42 Å². The normalized spacial score (nSPS) is 34.5. The minimum absolute atomic E-state index is 0.629. The number of rotatable bonds is 0. The van der Waals surface area contributed by atoms with E-state index in [0.717, 1.165) is 19.0 Å². The van der Waals surface area contributed by atoms with Gasteiger partial charge in [0.05, 0.1) is 11.4 Å². The van der Waals surface area contributed by atoms with Gasteiger partial charge in [-0.05, 0) is 30.5 Å². The van der Waals surface area contributed by atoms with Crippen LogP contribution in [0.2, 0.25) is 0 Å². The fourth-order valence-electron chi connectivity index (χ4n) is 3.27. The lowest BCUT2D eigenvalue weighted by atomic mass is 9.86. The van der Waals surface area contributed by atoms with E-state index in [2.05, 4.69) is 28.1 Å². The second kappa shape index (κ2) is 3.01. The minimum atomic E-state index is 0.629. The van der Waals surface area contributed by atoms with E-state index in [4.69, 9.17) is 0 Å². The van der Waals surface area contributed by atoms with Crippen LogP contribution in [0.3, 0.4) is 0 Å². The van der Waals surface area contributed by atoms with Crippen molar-refractivity contribution < 1.29 is 0 Å². The minimum Gasteiger partial charge on any atom is -0.359 e. The largest absolute Gasteiger partial charge is 0.359 e. The van der Waals surface area contributed by atoms with Crippen molar-refractivity contribution in [1.82, 2.24) is 16.0 Å². The molecule has 0 amide bonds. The second-order valence-corrected chi connectivity index (χ2v) is 4.94. The summed E-state index contributed by atoms with van der Waals surface area (Å²) in [5, 5.41) is 10.1. The summed E-state index contributed by atoms with van der Waals surface area (Å²) in [5.74, 6) is 1.40. The molecule has 2 aliphatic carbocycles. The number of hydrogen-bond donors (Lipinski definition) is 3. The van der Waals surface area contributed by atoms with Crippen LogP contribution in [0.25, 0.3) is 0 Å². The molecule has 0 radical (unpaired) electrons. The van der Waals surface area contributed by atoms with Crippen molar-refractivity contribution in [2.75, 3.05) is 13.1 Å². The Morgan fingerprint density at radius 1 is 1.12 bits per heavy atom. The Hall–Kier alpha value is -1.48. The highest BCUT2D eigenvalue weighted by atomic mass is 15.0. The zero-order valence-electron chi connectivity index (χ0n) is 9.09. The highest BCUT2D eigenvalue weighted by Crippen LogP contribution is 2.43. The van der Waals surface area contributed by atoms with Crippen LogP contribution < -0.4 is 16.0 Å². The molecule has 0 aromatic carbocycles. The van der Waals surface area contributed by atoms with Crippen molar-refractivity contribution in [2.24, 2.45) is 11.8 Å². The SMILES string of the molecule is C1=CNC2=CC3C(=C4CNCC3C4)C=C2N1. The molecule has 3 heteroatoms. The van der Waals surface area contributed by atoms with Gasteiger partial charge in [0.2, 0.25) is 0 Å². The molecule has 2 heterocycles. The Morgan fingerprint density at radius 2 is 2.00 bits per heavy atom. The van der Waals surface area contributed by atoms with Gasteiger partial charge in [-0.25, -0.2) is 0 Å². The highest BCUT2D eigenvalue weighted by Gasteiger charge is 2.37. The Morgan fingerprint density at radius 3 is 2.94 bits per heavy atom. The topological polar surface area (TPSA) is 36.1 Å². The molecular formula is C13H15N3. The van der Waals surface area contributed by atoms with Crippen molar-refractivity contribution in [3.8, 4) is 0 Å². The number of nitrogens with one attached hydrogen (secondary N) is 3. The van der Waals surface area contributed by atoms with Gasteiger partial charge in [0.15, 0.2) is 0 Å². The quantitative estimate of drug-likeness (QED) is 0.561. The molecule has 1 fully saturated rings. The van der Waals surface area contributed by atoms with Crippen molar-refractivity contribution in [1.29, 1.82) is 0 Å². The third kappa shape index (κ3) is 1.06. The van der Waals surface area contributed by atoms with E-state index in [9.17, 15) is 0 Å². The molecule has 2 unspecified atom stereocenters. The van der Waals surface area contributed by atoms with Gasteiger partial charge in [-0.15, -0.1) is 0 Å². The summed E-state index contributed by atoms with van der Waals surface area (Å²) < 4.78 is 0. The Bertz CT molecular complexity index is 468. The van der Waals surface area contributed by atoms with Crippen molar-refractivity contribution in [3.05, 3.63) is 47.1 Å². The summed E-state index contributed by atoms with van der Waals surface area (Å²) in [4.78, 5) is 0. The summed E-state index contributed by atoms with van der Waals surface area (Å²) in [6.07, 6.45) is 9.92. The Balaban J connectivity index is 1.83. The molecule has 1 saturated heterocycles. The van der Waals surface area contributed by atoms with E-state index in [0.29, 0.717) is 5.92 Å². The number of fused-ring (bicyclic) bond motifs is 5. The molecule has 2 bridgehead atoms. The molecule has 16 heavy (non-hydrogen) atoms. The first-order valence-electron chi connectivity index (χ1n) is 5.96. The average molecular weight is 213 g/mol. The third-order valence-corrected chi connectivity index (χ3v) is 4.03. The van der Waals surface area contributed by atoms with E-state index in [-0.39, 0.29) is 0 Å². The molecule has 3 nitrogen and oxygen atoms in total. The fraction of sp³-hybridized carbons (Fsp3) is 0.385. The monoisotopic (exact) mass is 213 g/mol. The summed E-state index contributed by atoms with van der Waals surface area (Å²) in [6.45, 7) is 2.24. The van der Waals surface area contributed by atoms with Crippen LogP contribution in [0.5, 0.6) is 0 Å². The van der Waals surface area contributed by atoms with Crippen LogP contribution in [-0.2, 0) is 0 Å². The van der Waals surface area contributed by atoms with Gasteiger partial charge in [-0.2, -0.15) is 0 Å². The smallest absolute Gasteiger partial charge is 0.0619 e. The summed E-state index contributed by atoms with van der Waals surface area (Å²) in [7, 11) is 0. The summed E-state index contributed by atoms with van der Waals surface area (Å²) in [5.41, 5.74) is 5.62. The zero-order valence-corrected chi connectivity index (χ0v) is 9.09. The van der Waals surface area contributed by atoms with Gasteiger partial charge in [0.1, 0.15) is 0 Å². The first kappa shape index (κ1) is 8.65. The molecule has 2 atom stereocenters. The molecule has 4 aliphatic rings. The first-order valence-corrected chi connectivity index (χ1v) is 5.96. The van der Waals surface area contributed by atoms with Gasteiger partial charge in [0.25, 0.3) is 0 Å². The van der Waals surface area contributed by atoms with Crippen LogP contribution in [-0.4, -0.2) is 13.1 Å². The molecule has 0 spiro atoms. The molecule has 4 rings (SSSR count). The lowest BCUT2D eigenvalue weighted by molar-refractivity contribution is 0.417. The summed E-state index contributed by atoms with van der Waals surface area (Å²) >= 11 is 0. The lowest BCUT2D eigenvalue weighted by Crippen LogP contribution is -2.31. The van der Waals surface area contributed by atoms with Crippen molar-refractivity contribution >= 4 is 0 Å². The van der Waals surface area contributed by atoms with E-state index in [1.807, 2.05) is 12.4 Å². The van der Waals surface area contributed by atoms with E-state index in [1.165, 1.54) is 17.8 Å². The van der Waals surface area contributed by atoms with E-state index < -0.39 is 0 Å². The Kier molecular flexibility index (Phi) is 1.63. The summed E-state index contributed by atoms with van der Waals surface area (Å²) in [6, 6.07) is 0. The second-order valence-electron chi connectivity index (χ2n) is 4.94. The third-order valence-electron chi connectivity index (χ3n) is 4.03. The molecule has 82 valence electrons. The molecule has 3 N–H and O–H groups in total. The molecule has 0 aromatic heterocycles. The first-order chi connectivity index (χ1) is 7.92. The average Bonchev–Trinajstić information content (AvgIpc) is 2.59. The maximum Gasteiger partial charge on any atom is 0.0619 e. The predicted octanol–water partition coefficient (Wildman–Crippen LogP) is 0.968. The maximum atomic E-state index is 3.51. The number of allylic oxidation sites excluding steroid dienone is 3. The van der Waals surface area contributed by atoms with Gasteiger partial charge in [-0.1, -0.05) is 11.6 Å². The zero-order chi connectivity index (χ0) is 10.5. The number of hydrogen-bond acceptors (Lipinski definition) is 3. The number of piperidine rings is 1. The van der Waals surface area contributed by atoms with E-state index in [1.54, 1.807) is 11.1 Å². The van der Waals surface area contributed by atoms with Crippen LogP contribution in [0.15, 0.2) is 47.1 Å². The fourth-order valence-corrected chi connectivity index (χ4v) is 3.27. The predicted molar refractivity (Wildman–Crippen MR) is 63.1 cm³/mol. The Labute approximate surface area is 95.0 Å². The van der Waals surface area contributed by atoms with Gasteiger partial charge in [-0.3, -0.25) is 0 Å². The highest BCUT2D eigenvalue weighted by molar-refractivity contribution is 5.51. The van der Waals surface area contributed by atoms with Crippen LogP contribution in [0.1, 0.15) is 6.42 Å². The molecular weight excluding hydrogens is 198 g/mol. The standard InChI is InChI=1S/C13H15N3/c1-2-16-13-5-11-9-3-8(6-14-7-9)10(11)4-12(13)15-1/h1-2,4-5,8,10,14-16H,3,6-7H2. The molecule has 2 aliphatic heterocycles. The van der Waals surface area contributed by atoms with Gasteiger partial charge >= 0.3 is 0 Å². The van der Waals surface area contributed by atoms with E-state index >= 15 is 0 Å².